The second-order valence-electron chi connectivity index (χ2n) is 7.33. The highest BCUT2D eigenvalue weighted by Gasteiger charge is 2.27. The third-order valence-corrected chi connectivity index (χ3v) is 5.54. The molecular weight excluding hydrogens is 310 g/mol. The zero-order valence-corrected chi connectivity index (χ0v) is 15.6. The molecule has 1 aliphatic rings. The predicted molar refractivity (Wildman–Crippen MR) is 101 cm³/mol. The fraction of sp³-hybridized carbons (Fsp3) is 0.524. The number of hydrogen-bond acceptors (Lipinski definition) is 2. The van der Waals surface area contributed by atoms with Crippen LogP contribution in [0.5, 0.6) is 0 Å². The van der Waals surface area contributed by atoms with Crippen molar-refractivity contribution in [3.63, 3.8) is 0 Å². The first kappa shape index (κ1) is 17.7. The van der Waals surface area contributed by atoms with Crippen molar-refractivity contribution in [2.24, 2.45) is 5.92 Å². The van der Waals surface area contributed by atoms with Gasteiger partial charge in [-0.15, -0.1) is 0 Å². The van der Waals surface area contributed by atoms with Crippen molar-refractivity contribution >= 4 is 5.91 Å². The van der Waals surface area contributed by atoms with Crippen molar-refractivity contribution in [3.8, 4) is 0 Å². The number of aromatic nitrogens is 2. The van der Waals surface area contributed by atoms with E-state index in [0.29, 0.717) is 12.6 Å². The van der Waals surface area contributed by atoms with Crippen LogP contribution in [0, 0.1) is 5.92 Å². The normalized spacial score (nSPS) is 20.4. The van der Waals surface area contributed by atoms with Gasteiger partial charge in [-0.25, -0.2) is 0 Å². The van der Waals surface area contributed by atoms with Crippen LogP contribution < -0.4 is 0 Å². The molecule has 0 spiro atoms. The molecular formula is C21H29N3O. The molecule has 1 aromatic heterocycles. The molecule has 1 amide bonds. The van der Waals surface area contributed by atoms with Gasteiger partial charge in [-0.05, 0) is 43.6 Å². The molecule has 0 saturated heterocycles. The highest BCUT2D eigenvalue weighted by molar-refractivity contribution is 5.95. The molecule has 0 atom stereocenters. The number of amides is 1. The van der Waals surface area contributed by atoms with Crippen LogP contribution in [0.3, 0.4) is 0 Å². The Labute approximate surface area is 150 Å². The van der Waals surface area contributed by atoms with Gasteiger partial charge in [0.2, 0.25) is 0 Å². The van der Waals surface area contributed by atoms with Crippen molar-refractivity contribution in [1.82, 2.24) is 14.7 Å². The first-order valence-electron chi connectivity index (χ1n) is 9.46. The third kappa shape index (κ3) is 3.94. The van der Waals surface area contributed by atoms with Crippen LogP contribution in [0.2, 0.25) is 0 Å². The standard InChI is InChI=1S/C21H29N3O/c1-4-20-19(14-22-24(20)15-17-8-6-5-7-9-17)21(25)23(3)18-12-10-16(2)11-13-18/h5-9,14,16,18H,4,10-13,15H2,1-3H3. The summed E-state index contributed by atoms with van der Waals surface area (Å²) in [6, 6.07) is 10.6. The van der Waals surface area contributed by atoms with E-state index in [1.807, 2.05) is 34.8 Å². The second-order valence-corrected chi connectivity index (χ2v) is 7.33. The fourth-order valence-electron chi connectivity index (χ4n) is 3.84. The summed E-state index contributed by atoms with van der Waals surface area (Å²) in [6.07, 6.45) is 7.23. The summed E-state index contributed by atoms with van der Waals surface area (Å²) in [5.41, 5.74) is 3.00. The average molecular weight is 339 g/mol. The van der Waals surface area contributed by atoms with Crippen molar-refractivity contribution in [1.29, 1.82) is 0 Å². The molecule has 1 saturated carbocycles. The van der Waals surface area contributed by atoms with Gasteiger partial charge in [0.15, 0.2) is 0 Å². The van der Waals surface area contributed by atoms with E-state index in [1.54, 1.807) is 6.20 Å². The number of carbonyl (C=O) groups is 1. The Morgan fingerprint density at radius 3 is 2.52 bits per heavy atom. The maximum Gasteiger partial charge on any atom is 0.257 e. The van der Waals surface area contributed by atoms with E-state index in [1.165, 1.54) is 18.4 Å². The third-order valence-electron chi connectivity index (χ3n) is 5.54. The van der Waals surface area contributed by atoms with E-state index in [2.05, 4.69) is 31.1 Å². The Hall–Kier alpha value is -2.10. The molecule has 0 radical (unpaired) electrons. The summed E-state index contributed by atoms with van der Waals surface area (Å²) >= 11 is 0. The van der Waals surface area contributed by atoms with Gasteiger partial charge in [-0.2, -0.15) is 5.10 Å². The van der Waals surface area contributed by atoms with E-state index >= 15 is 0 Å². The molecule has 4 nitrogen and oxygen atoms in total. The molecule has 134 valence electrons. The summed E-state index contributed by atoms with van der Waals surface area (Å²) in [6.45, 7) is 5.11. The van der Waals surface area contributed by atoms with Crippen molar-refractivity contribution < 1.29 is 4.79 Å². The summed E-state index contributed by atoms with van der Waals surface area (Å²) in [4.78, 5) is 15.0. The Bertz CT molecular complexity index is 699. The van der Waals surface area contributed by atoms with Crippen molar-refractivity contribution in [2.45, 2.75) is 58.5 Å². The monoisotopic (exact) mass is 339 g/mol. The van der Waals surface area contributed by atoms with Gasteiger partial charge in [0.1, 0.15) is 0 Å². The number of rotatable bonds is 5. The molecule has 4 heteroatoms. The summed E-state index contributed by atoms with van der Waals surface area (Å²) in [5, 5.41) is 4.51. The Balaban J connectivity index is 1.76. The number of carbonyl (C=O) groups excluding carboxylic acids is 1. The van der Waals surface area contributed by atoms with E-state index in [-0.39, 0.29) is 5.91 Å². The van der Waals surface area contributed by atoms with Crippen molar-refractivity contribution in [2.75, 3.05) is 7.05 Å². The summed E-state index contributed by atoms with van der Waals surface area (Å²) in [5.74, 6) is 0.912. The maximum atomic E-state index is 13.0. The lowest BCUT2D eigenvalue weighted by Crippen LogP contribution is -2.39. The van der Waals surface area contributed by atoms with Gasteiger partial charge in [-0.3, -0.25) is 9.48 Å². The van der Waals surface area contributed by atoms with E-state index < -0.39 is 0 Å². The van der Waals surface area contributed by atoms with Crippen LogP contribution in [0.15, 0.2) is 36.5 Å². The van der Waals surface area contributed by atoms with Crippen LogP contribution in [0.4, 0.5) is 0 Å². The minimum Gasteiger partial charge on any atom is -0.339 e. The van der Waals surface area contributed by atoms with Crippen molar-refractivity contribution in [3.05, 3.63) is 53.3 Å². The second kappa shape index (κ2) is 7.85. The highest BCUT2D eigenvalue weighted by atomic mass is 16.2. The number of hydrogen-bond donors (Lipinski definition) is 0. The molecule has 0 aliphatic heterocycles. The zero-order valence-electron chi connectivity index (χ0n) is 15.6. The smallest absolute Gasteiger partial charge is 0.257 e. The summed E-state index contributed by atoms with van der Waals surface area (Å²) < 4.78 is 1.97. The molecule has 2 aromatic rings. The maximum absolute atomic E-state index is 13.0. The van der Waals surface area contributed by atoms with Crippen LogP contribution in [-0.4, -0.2) is 33.7 Å². The van der Waals surface area contributed by atoms with Gasteiger partial charge >= 0.3 is 0 Å². The number of benzene rings is 1. The predicted octanol–water partition coefficient (Wildman–Crippen LogP) is 4.14. The molecule has 0 N–H and O–H groups in total. The molecule has 1 heterocycles. The quantitative estimate of drug-likeness (QED) is 0.821. The Morgan fingerprint density at radius 2 is 1.88 bits per heavy atom. The lowest BCUT2D eigenvalue weighted by molar-refractivity contribution is 0.0678. The van der Waals surface area contributed by atoms with Crippen LogP contribution in [-0.2, 0) is 13.0 Å². The van der Waals surface area contributed by atoms with E-state index in [0.717, 1.165) is 36.4 Å². The first-order valence-corrected chi connectivity index (χ1v) is 9.46. The Morgan fingerprint density at radius 1 is 1.20 bits per heavy atom. The minimum absolute atomic E-state index is 0.121. The lowest BCUT2D eigenvalue weighted by atomic mass is 9.86. The molecule has 0 unspecified atom stereocenters. The van der Waals surface area contributed by atoms with Gasteiger partial charge < -0.3 is 4.90 Å². The highest BCUT2D eigenvalue weighted by Crippen LogP contribution is 2.27. The first-order chi connectivity index (χ1) is 12.1. The Kier molecular flexibility index (Phi) is 5.57. The topological polar surface area (TPSA) is 38.1 Å². The lowest BCUT2D eigenvalue weighted by Gasteiger charge is -2.33. The fourth-order valence-corrected chi connectivity index (χ4v) is 3.84. The van der Waals surface area contributed by atoms with Gasteiger partial charge in [0.05, 0.1) is 24.0 Å². The SMILES string of the molecule is CCc1c(C(=O)N(C)C2CCC(C)CC2)cnn1Cc1ccccc1. The molecule has 1 aliphatic carbocycles. The van der Waals surface area contributed by atoms with Crippen LogP contribution in [0.1, 0.15) is 61.1 Å². The molecule has 25 heavy (non-hydrogen) atoms. The van der Waals surface area contributed by atoms with E-state index in [9.17, 15) is 4.79 Å². The largest absolute Gasteiger partial charge is 0.339 e. The minimum atomic E-state index is 0.121. The number of nitrogens with zero attached hydrogens (tertiary/aromatic N) is 3. The van der Waals surface area contributed by atoms with Crippen LogP contribution in [0.25, 0.3) is 0 Å². The van der Waals surface area contributed by atoms with Gasteiger partial charge in [0, 0.05) is 13.1 Å². The molecule has 1 aromatic carbocycles. The van der Waals surface area contributed by atoms with Gasteiger partial charge in [0.25, 0.3) is 5.91 Å². The molecule has 3 rings (SSSR count). The zero-order chi connectivity index (χ0) is 17.8. The molecule has 0 bridgehead atoms. The average Bonchev–Trinajstić information content (AvgIpc) is 3.04. The van der Waals surface area contributed by atoms with Crippen LogP contribution >= 0.6 is 0 Å². The van der Waals surface area contributed by atoms with E-state index in [4.69, 9.17) is 0 Å². The molecule has 1 fully saturated rings. The summed E-state index contributed by atoms with van der Waals surface area (Å²) in [7, 11) is 1.96. The van der Waals surface area contributed by atoms with Gasteiger partial charge in [-0.1, -0.05) is 44.2 Å².